The third kappa shape index (κ3) is 6.33. The van der Waals surface area contributed by atoms with Gasteiger partial charge in [0.1, 0.15) is 17.4 Å². The van der Waals surface area contributed by atoms with E-state index in [9.17, 15) is 18.8 Å². The number of Topliss-reactive ketones (excluding diaryl/α,β-unsaturated/α-hetero) is 1. The number of carbonyl (C=O) groups excluding carboxylic acids is 3. The molecule has 8 nitrogen and oxygen atoms in total. The van der Waals surface area contributed by atoms with Crippen LogP contribution in [0.4, 0.5) is 9.18 Å². The first-order valence-electron chi connectivity index (χ1n) is 12.3. The molecule has 34 heavy (non-hydrogen) atoms. The van der Waals surface area contributed by atoms with Gasteiger partial charge in [-0.25, -0.2) is 14.2 Å². The number of nitrogens with one attached hydrogen (secondary N) is 1. The normalized spacial score (nSPS) is 17.6. The molecule has 1 aromatic carbocycles. The van der Waals surface area contributed by atoms with Gasteiger partial charge in [-0.2, -0.15) is 0 Å². The first kappa shape index (κ1) is 24.2. The van der Waals surface area contributed by atoms with Gasteiger partial charge in [0, 0.05) is 25.6 Å². The Bertz CT molecular complexity index is 1010. The van der Waals surface area contributed by atoms with E-state index in [1.54, 1.807) is 0 Å². The van der Waals surface area contributed by atoms with Crippen LogP contribution in [0, 0.1) is 11.7 Å². The Morgan fingerprint density at radius 2 is 1.91 bits per heavy atom. The van der Waals surface area contributed by atoms with Gasteiger partial charge in [-0.3, -0.25) is 9.59 Å². The van der Waals surface area contributed by atoms with Crippen LogP contribution >= 0.6 is 0 Å². The van der Waals surface area contributed by atoms with Gasteiger partial charge in [0.05, 0.1) is 6.61 Å². The Labute approximate surface area is 198 Å². The number of carbonyl (C=O) groups is 3. The average molecular weight is 474 g/mol. The van der Waals surface area contributed by atoms with Crippen LogP contribution in [-0.2, 0) is 9.53 Å². The molecule has 9 heteroatoms. The maximum atomic E-state index is 13.3. The summed E-state index contributed by atoms with van der Waals surface area (Å²) in [6.07, 6.45) is 8.09. The molecule has 2 heterocycles. The number of halogens is 1. The molecule has 1 aliphatic heterocycles. The second-order valence-corrected chi connectivity index (χ2v) is 9.26. The summed E-state index contributed by atoms with van der Waals surface area (Å²) in [6.45, 7) is 1.50. The molecule has 4 rings (SSSR count). The lowest BCUT2D eigenvalue weighted by atomic mass is 9.84. The maximum Gasteiger partial charge on any atom is 0.407 e. The van der Waals surface area contributed by atoms with Crippen molar-refractivity contribution in [3.05, 3.63) is 29.9 Å². The minimum absolute atomic E-state index is 0.0254. The van der Waals surface area contributed by atoms with Gasteiger partial charge >= 0.3 is 6.09 Å². The minimum atomic E-state index is -0.641. The molecule has 1 aliphatic carbocycles. The number of hydrogen-bond acceptors (Lipinski definition) is 6. The number of aromatic nitrogens is 1. The Hall–Kier alpha value is -2.97. The molecule has 2 fully saturated rings. The third-order valence-corrected chi connectivity index (χ3v) is 6.67. The summed E-state index contributed by atoms with van der Waals surface area (Å²) in [7, 11) is 0. The lowest BCUT2D eigenvalue weighted by Gasteiger charge is -2.29. The highest BCUT2D eigenvalue weighted by Crippen LogP contribution is 2.28. The number of ether oxygens (including phenoxy) is 1. The molecule has 0 bridgehead atoms. The molecule has 2 aromatic rings. The van der Waals surface area contributed by atoms with Crippen molar-refractivity contribution >= 4 is 28.9 Å². The monoisotopic (exact) mass is 473 g/mol. The van der Waals surface area contributed by atoms with E-state index < -0.39 is 18.0 Å². The lowest BCUT2D eigenvalue weighted by Crippen LogP contribution is -2.49. The maximum absolute atomic E-state index is 13.3. The number of fused-ring (bicyclic) bond motifs is 1. The Morgan fingerprint density at radius 3 is 2.68 bits per heavy atom. The number of hydrogen-bond donors (Lipinski definition) is 1. The number of likely N-dealkylation sites (tertiary alicyclic amines) is 1. The molecule has 1 atom stereocenters. The van der Waals surface area contributed by atoms with Gasteiger partial charge in [0.2, 0.25) is 11.7 Å². The quantitative estimate of drug-likeness (QED) is 0.421. The molecule has 0 radical (unpaired) electrons. The van der Waals surface area contributed by atoms with Crippen LogP contribution in [0.2, 0.25) is 0 Å². The highest BCUT2D eigenvalue weighted by Gasteiger charge is 2.31. The number of rotatable bonds is 9. The second kappa shape index (κ2) is 11.4. The Morgan fingerprint density at radius 1 is 1.15 bits per heavy atom. The van der Waals surface area contributed by atoms with E-state index in [0.29, 0.717) is 17.9 Å². The predicted molar refractivity (Wildman–Crippen MR) is 123 cm³/mol. The molecule has 1 unspecified atom stereocenters. The third-order valence-electron chi connectivity index (χ3n) is 6.67. The SMILES string of the molecule is O=C(NC(CC1CCCCC1)C(=O)N1CCCC1)OCCCC(=O)c1nc2ccc(F)cc2o1. The summed E-state index contributed by atoms with van der Waals surface area (Å²) in [5.41, 5.74) is 0.623. The van der Waals surface area contributed by atoms with E-state index in [0.717, 1.165) is 38.8 Å². The summed E-state index contributed by atoms with van der Waals surface area (Å²) < 4.78 is 23.9. The zero-order valence-electron chi connectivity index (χ0n) is 19.4. The number of amides is 2. The van der Waals surface area contributed by atoms with Crippen LogP contribution in [-0.4, -0.2) is 53.4 Å². The van der Waals surface area contributed by atoms with E-state index in [1.165, 1.54) is 37.5 Å². The zero-order chi connectivity index (χ0) is 23.9. The predicted octanol–water partition coefficient (Wildman–Crippen LogP) is 4.62. The highest BCUT2D eigenvalue weighted by molar-refractivity contribution is 5.94. The largest absolute Gasteiger partial charge is 0.450 e. The number of ketones is 1. The molecular weight excluding hydrogens is 441 g/mol. The fourth-order valence-electron chi connectivity index (χ4n) is 4.84. The summed E-state index contributed by atoms with van der Waals surface area (Å²) in [5, 5.41) is 2.78. The second-order valence-electron chi connectivity index (χ2n) is 9.26. The van der Waals surface area contributed by atoms with Crippen LogP contribution in [0.3, 0.4) is 0 Å². The van der Waals surface area contributed by atoms with Crippen molar-refractivity contribution in [1.29, 1.82) is 0 Å². The van der Waals surface area contributed by atoms with Crippen LogP contribution < -0.4 is 5.32 Å². The highest BCUT2D eigenvalue weighted by atomic mass is 19.1. The van der Waals surface area contributed by atoms with Crippen molar-refractivity contribution in [1.82, 2.24) is 15.2 Å². The van der Waals surface area contributed by atoms with E-state index in [4.69, 9.17) is 9.15 Å². The van der Waals surface area contributed by atoms with Crippen molar-refractivity contribution in [2.75, 3.05) is 19.7 Å². The van der Waals surface area contributed by atoms with Gasteiger partial charge in [0.15, 0.2) is 5.58 Å². The van der Waals surface area contributed by atoms with Gasteiger partial charge < -0.3 is 19.4 Å². The first-order chi connectivity index (χ1) is 16.5. The van der Waals surface area contributed by atoms with Crippen LogP contribution in [0.5, 0.6) is 0 Å². The van der Waals surface area contributed by atoms with Crippen molar-refractivity contribution in [3.63, 3.8) is 0 Å². The van der Waals surface area contributed by atoms with Crippen molar-refractivity contribution < 1.29 is 27.9 Å². The van der Waals surface area contributed by atoms with Gasteiger partial charge in [-0.1, -0.05) is 32.1 Å². The summed E-state index contributed by atoms with van der Waals surface area (Å²) in [6, 6.07) is 3.31. The van der Waals surface area contributed by atoms with Crippen molar-refractivity contribution in [2.24, 2.45) is 5.92 Å². The molecule has 1 saturated carbocycles. The zero-order valence-corrected chi connectivity index (χ0v) is 19.4. The molecule has 2 aliphatic rings. The first-order valence-corrected chi connectivity index (χ1v) is 12.3. The van der Waals surface area contributed by atoms with E-state index in [2.05, 4.69) is 10.3 Å². The van der Waals surface area contributed by atoms with Gasteiger partial charge in [0.25, 0.3) is 5.89 Å². The Kier molecular flexibility index (Phi) is 8.13. The molecule has 1 aromatic heterocycles. The van der Waals surface area contributed by atoms with Crippen molar-refractivity contribution in [3.8, 4) is 0 Å². The summed E-state index contributed by atoms with van der Waals surface area (Å²) in [4.78, 5) is 43.6. The molecular formula is C25H32FN3O5. The average Bonchev–Trinajstić information content (AvgIpc) is 3.51. The summed E-state index contributed by atoms with van der Waals surface area (Å²) >= 11 is 0. The van der Waals surface area contributed by atoms with Crippen LogP contribution in [0.25, 0.3) is 11.1 Å². The fourth-order valence-corrected chi connectivity index (χ4v) is 4.84. The topological polar surface area (TPSA) is 102 Å². The van der Waals surface area contributed by atoms with E-state index in [-0.39, 0.29) is 42.6 Å². The number of oxazole rings is 1. The van der Waals surface area contributed by atoms with Gasteiger partial charge in [-0.15, -0.1) is 0 Å². The molecule has 1 saturated heterocycles. The summed E-state index contributed by atoms with van der Waals surface area (Å²) in [5.74, 6) is -0.489. The molecule has 184 valence electrons. The number of alkyl carbamates (subject to hydrolysis) is 1. The van der Waals surface area contributed by atoms with Gasteiger partial charge in [-0.05, 0) is 43.7 Å². The molecule has 0 spiro atoms. The molecule has 2 amide bonds. The van der Waals surface area contributed by atoms with Crippen molar-refractivity contribution in [2.45, 2.75) is 70.3 Å². The molecule has 1 N–H and O–H groups in total. The number of benzene rings is 1. The lowest BCUT2D eigenvalue weighted by molar-refractivity contribution is -0.132. The smallest absolute Gasteiger partial charge is 0.407 e. The van der Waals surface area contributed by atoms with E-state index in [1.807, 2.05) is 4.90 Å². The van der Waals surface area contributed by atoms with Crippen LogP contribution in [0.1, 0.15) is 74.9 Å². The number of nitrogens with zero attached hydrogens (tertiary/aromatic N) is 2. The van der Waals surface area contributed by atoms with Crippen LogP contribution in [0.15, 0.2) is 22.6 Å². The Balaban J connectivity index is 1.24. The van der Waals surface area contributed by atoms with E-state index >= 15 is 0 Å². The minimum Gasteiger partial charge on any atom is -0.450 e. The fraction of sp³-hybridized carbons (Fsp3) is 0.600. The standard InChI is InChI=1S/C25H32FN3O5/c26-18-10-11-19-22(16-18)34-23(27-19)21(30)9-6-14-33-25(32)28-20(15-17-7-2-1-3-8-17)24(31)29-12-4-5-13-29/h10-11,16-17,20H,1-9,12-15H2,(H,28,32).